The van der Waals surface area contributed by atoms with Gasteiger partial charge in [-0.25, -0.2) is 9.89 Å². The summed E-state index contributed by atoms with van der Waals surface area (Å²) < 4.78 is 0.938. The third kappa shape index (κ3) is 10.9. The van der Waals surface area contributed by atoms with Crippen molar-refractivity contribution in [2.24, 2.45) is 0 Å². The Bertz CT molecular complexity index is 1120. The van der Waals surface area contributed by atoms with Gasteiger partial charge in [0.25, 0.3) is 16.6 Å². The minimum atomic E-state index is -0.696. The third-order valence-electron chi connectivity index (χ3n) is 3.04. The standard InChI is InChI=1S/C7H4ClNO3.C7H5N5O3.C4H12Si.CH4/c8-7(10)5-2-1-3-6(4-5)9(11)12;13-7-8-9-10-11(7)5-2-1-3-6(4-5)12(14)15;1-5(2,3)4;/h1-4H;1-4H,(H,8,10,13);1-4H3;1H4. The Balaban J connectivity index is 0.000000513. The predicted molar refractivity (Wildman–Crippen MR) is 128 cm³/mol. The predicted octanol–water partition coefficient (Wildman–Crippen LogP) is 4.43. The summed E-state index contributed by atoms with van der Waals surface area (Å²) in [6.07, 6.45) is 0. The normalized spacial score (nSPS) is 9.85. The van der Waals surface area contributed by atoms with Gasteiger partial charge in [-0.3, -0.25) is 25.0 Å². The maximum atomic E-state index is 11.1. The van der Waals surface area contributed by atoms with Gasteiger partial charge in [0.1, 0.15) is 0 Å². The summed E-state index contributed by atoms with van der Waals surface area (Å²) in [4.78, 5) is 41.3. The Morgan fingerprint density at radius 1 is 1.00 bits per heavy atom. The first-order chi connectivity index (χ1) is 14.8. The molecule has 0 unspecified atom stereocenters. The number of carbonyl (C=O) groups is 1. The second kappa shape index (κ2) is 13.0. The molecule has 0 atom stereocenters. The van der Waals surface area contributed by atoms with Crippen molar-refractivity contribution in [1.82, 2.24) is 20.2 Å². The fourth-order valence-corrected chi connectivity index (χ4v) is 1.96. The highest BCUT2D eigenvalue weighted by atomic mass is 35.5. The van der Waals surface area contributed by atoms with E-state index in [1.54, 1.807) is 0 Å². The van der Waals surface area contributed by atoms with E-state index in [2.05, 4.69) is 41.7 Å². The molecule has 0 amide bonds. The smallest absolute Gasteiger partial charge is 0.276 e. The molecule has 12 nitrogen and oxygen atoms in total. The van der Waals surface area contributed by atoms with Crippen molar-refractivity contribution in [2.45, 2.75) is 33.6 Å². The van der Waals surface area contributed by atoms with E-state index in [1.807, 2.05) is 0 Å². The second-order valence-corrected chi connectivity index (χ2v) is 14.1. The van der Waals surface area contributed by atoms with Gasteiger partial charge in [0.15, 0.2) is 0 Å². The van der Waals surface area contributed by atoms with Crippen LogP contribution in [-0.2, 0) is 0 Å². The Labute approximate surface area is 195 Å². The van der Waals surface area contributed by atoms with E-state index < -0.39 is 28.9 Å². The summed E-state index contributed by atoms with van der Waals surface area (Å²) in [5.41, 5.74) is -0.367. The van der Waals surface area contributed by atoms with Gasteiger partial charge in [-0.05, 0) is 34.2 Å². The molecule has 14 heteroatoms. The summed E-state index contributed by atoms with van der Waals surface area (Å²) in [5, 5.41) is 28.8. The first-order valence-electron chi connectivity index (χ1n) is 8.99. The number of non-ortho nitro benzene ring substituents is 2. The van der Waals surface area contributed by atoms with E-state index in [9.17, 15) is 29.8 Å². The molecule has 0 aliphatic rings. The molecule has 0 spiro atoms. The minimum Gasteiger partial charge on any atom is -0.276 e. The van der Waals surface area contributed by atoms with Crippen LogP contribution in [0.2, 0.25) is 26.2 Å². The molecule has 0 fully saturated rings. The average Bonchev–Trinajstić information content (AvgIpc) is 3.13. The lowest BCUT2D eigenvalue weighted by atomic mass is 10.2. The van der Waals surface area contributed by atoms with Crippen LogP contribution in [0.1, 0.15) is 17.8 Å². The molecular weight excluding hydrogens is 472 g/mol. The number of nitro benzene ring substituents is 2. The van der Waals surface area contributed by atoms with Crippen LogP contribution in [0.5, 0.6) is 0 Å². The van der Waals surface area contributed by atoms with Gasteiger partial charge < -0.3 is 0 Å². The summed E-state index contributed by atoms with van der Waals surface area (Å²) in [5.74, 6) is 0. The van der Waals surface area contributed by atoms with Crippen LogP contribution >= 0.6 is 11.6 Å². The highest BCUT2D eigenvalue weighted by Gasteiger charge is 2.09. The zero-order valence-corrected chi connectivity index (χ0v) is 19.4. The van der Waals surface area contributed by atoms with Crippen LogP contribution in [0, 0.1) is 20.2 Å². The van der Waals surface area contributed by atoms with E-state index in [0.717, 1.165) is 10.7 Å². The van der Waals surface area contributed by atoms with E-state index >= 15 is 0 Å². The first kappa shape index (κ1) is 29.3. The van der Waals surface area contributed by atoms with Crippen molar-refractivity contribution in [2.75, 3.05) is 0 Å². The molecule has 33 heavy (non-hydrogen) atoms. The lowest BCUT2D eigenvalue weighted by Crippen LogP contribution is -2.15. The fraction of sp³-hybridized carbons (Fsp3) is 0.263. The van der Waals surface area contributed by atoms with E-state index in [-0.39, 0.29) is 24.4 Å². The van der Waals surface area contributed by atoms with Gasteiger partial charge in [-0.1, -0.05) is 45.7 Å². The van der Waals surface area contributed by atoms with Crippen molar-refractivity contribution >= 4 is 36.3 Å². The molecule has 0 aliphatic carbocycles. The number of hydrogen-bond donors (Lipinski definition) is 1. The fourth-order valence-electron chi connectivity index (χ4n) is 1.85. The molecule has 0 saturated heterocycles. The maximum absolute atomic E-state index is 11.1. The number of benzene rings is 2. The Hall–Kier alpha value is -3.71. The summed E-state index contributed by atoms with van der Waals surface area (Å²) in [6, 6.07) is 10.8. The van der Waals surface area contributed by atoms with Gasteiger partial charge in [-0.2, -0.15) is 4.68 Å². The molecule has 1 aromatic heterocycles. The highest BCUT2D eigenvalue weighted by Crippen LogP contribution is 2.15. The zero-order valence-electron chi connectivity index (χ0n) is 17.7. The molecule has 178 valence electrons. The van der Waals surface area contributed by atoms with Gasteiger partial charge in [0.2, 0.25) is 0 Å². The number of aromatic nitrogens is 4. The van der Waals surface area contributed by atoms with Crippen molar-refractivity contribution < 1.29 is 14.6 Å². The number of halogens is 1. The van der Waals surface area contributed by atoms with Crippen LogP contribution in [0.4, 0.5) is 11.4 Å². The quantitative estimate of drug-likeness (QED) is 0.239. The molecule has 0 aliphatic heterocycles. The number of nitrogens with one attached hydrogen (secondary N) is 1. The van der Waals surface area contributed by atoms with Crippen molar-refractivity contribution in [3.63, 3.8) is 0 Å². The van der Waals surface area contributed by atoms with Gasteiger partial charge in [0.05, 0.1) is 15.5 Å². The Morgan fingerprint density at radius 2 is 1.48 bits per heavy atom. The van der Waals surface area contributed by atoms with Crippen LogP contribution in [0.15, 0.2) is 53.3 Å². The van der Waals surface area contributed by atoms with Crippen LogP contribution in [-0.4, -0.2) is 43.4 Å². The first-order valence-corrected chi connectivity index (χ1v) is 13.4. The highest BCUT2D eigenvalue weighted by molar-refractivity contribution is 6.74. The van der Waals surface area contributed by atoms with Crippen molar-refractivity contribution in [3.05, 3.63) is 84.8 Å². The number of aromatic amines is 1. The Kier molecular flexibility index (Phi) is 11.5. The summed E-state index contributed by atoms with van der Waals surface area (Å²) in [7, 11) is -0.611. The maximum Gasteiger partial charge on any atom is 0.365 e. The Morgan fingerprint density at radius 3 is 1.91 bits per heavy atom. The monoisotopic (exact) mass is 496 g/mol. The zero-order chi connectivity index (χ0) is 24.5. The number of rotatable bonds is 4. The number of hydrogen-bond acceptors (Lipinski definition) is 8. The minimum absolute atomic E-state index is 0. The lowest BCUT2D eigenvalue weighted by molar-refractivity contribution is -0.385. The number of nitrogens with zero attached hydrogens (tertiary/aromatic N) is 5. The number of nitro groups is 2. The van der Waals surface area contributed by atoms with Gasteiger partial charge >= 0.3 is 5.69 Å². The molecule has 1 N–H and O–H groups in total. The number of H-pyrrole nitrogens is 1. The molecule has 3 aromatic rings. The van der Waals surface area contributed by atoms with E-state index in [0.29, 0.717) is 5.69 Å². The second-order valence-electron chi connectivity index (χ2n) is 7.78. The molecular formula is C19H25ClN6O6Si. The lowest BCUT2D eigenvalue weighted by Gasteiger charge is -2.01. The summed E-state index contributed by atoms with van der Waals surface area (Å²) in [6.45, 7) is 9.31. The molecule has 0 radical (unpaired) electrons. The van der Waals surface area contributed by atoms with Gasteiger partial charge in [0, 0.05) is 37.9 Å². The van der Waals surface area contributed by atoms with Crippen molar-refractivity contribution in [3.8, 4) is 5.69 Å². The molecule has 0 saturated carbocycles. The number of carbonyl (C=O) groups excluding carboxylic acids is 1. The third-order valence-corrected chi connectivity index (χ3v) is 3.26. The largest absolute Gasteiger partial charge is 0.365 e. The number of tetrazole rings is 1. The van der Waals surface area contributed by atoms with Crippen molar-refractivity contribution in [1.29, 1.82) is 0 Å². The molecule has 1 heterocycles. The van der Waals surface area contributed by atoms with E-state index in [4.69, 9.17) is 11.6 Å². The SMILES string of the molecule is C.C[Si](C)(C)C.O=C(Cl)c1cccc([N+](=O)[O-])c1.O=c1[nH]nnn1-c1cccc([N+](=O)[O-])c1. The van der Waals surface area contributed by atoms with Gasteiger partial charge in [-0.15, -0.1) is 0 Å². The molecule has 0 bridgehead atoms. The topological polar surface area (TPSA) is 167 Å². The molecule has 2 aromatic carbocycles. The molecule has 3 rings (SSSR count). The average molecular weight is 497 g/mol. The van der Waals surface area contributed by atoms with Crippen LogP contribution < -0.4 is 5.69 Å². The van der Waals surface area contributed by atoms with Crippen LogP contribution in [0.3, 0.4) is 0 Å². The van der Waals surface area contributed by atoms with E-state index in [1.165, 1.54) is 42.5 Å². The summed E-state index contributed by atoms with van der Waals surface area (Å²) >= 11 is 5.12. The van der Waals surface area contributed by atoms with Crippen LogP contribution in [0.25, 0.3) is 5.69 Å².